The van der Waals surface area contributed by atoms with Crippen LogP contribution < -0.4 is 10.1 Å². The molecule has 0 saturated heterocycles. The molecule has 0 aliphatic rings. The van der Waals surface area contributed by atoms with E-state index in [0.29, 0.717) is 28.8 Å². The normalized spacial score (nSPS) is 12.2. The molecule has 0 aliphatic heterocycles. The van der Waals surface area contributed by atoms with Crippen LogP contribution in [0.4, 0.5) is 20.3 Å². The summed E-state index contributed by atoms with van der Waals surface area (Å²) in [4.78, 5) is 8.58. The summed E-state index contributed by atoms with van der Waals surface area (Å²) >= 11 is 6.46. The van der Waals surface area contributed by atoms with E-state index in [4.69, 9.17) is 16.3 Å². The van der Waals surface area contributed by atoms with Crippen molar-refractivity contribution in [2.75, 3.05) is 11.9 Å². The van der Waals surface area contributed by atoms with Gasteiger partial charge in [0.15, 0.2) is 5.82 Å². The Morgan fingerprint density at radius 3 is 2.60 bits per heavy atom. The fourth-order valence-electron chi connectivity index (χ4n) is 3.90. The second kappa shape index (κ2) is 9.79. The van der Waals surface area contributed by atoms with Crippen LogP contribution in [0.2, 0.25) is 5.02 Å². The number of nitrogens with zero attached hydrogens (tertiary/aromatic N) is 3. The van der Waals surface area contributed by atoms with E-state index >= 15 is 0 Å². The second-order valence-electron chi connectivity index (χ2n) is 9.53. The van der Waals surface area contributed by atoms with Crippen molar-refractivity contribution in [3.05, 3.63) is 71.6 Å². The molecule has 0 unspecified atom stereocenters. The van der Waals surface area contributed by atoms with Gasteiger partial charge in [-0.2, -0.15) is 0 Å². The Labute approximate surface area is 207 Å². The Hall–Kier alpha value is -3.23. The topological polar surface area (TPSA) is 72.2 Å². The highest BCUT2D eigenvalue weighted by Gasteiger charge is 2.36. The van der Waals surface area contributed by atoms with E-state index in [1.165, 1.54) is 18.5 Å². The van der Waals surface area contributed by atoms with Crippen molar-refractivity contribution in [2.45, 2.75) is 39.7 Å². The average Bonchev–Trinajstić information content (AvgIpc) is 3.19. The minimum Gasteiger partial charge on any atom is -0.456 e. The Balaban J connectivity index is 1.54. The highest BCUT2D eigenvalue weighted by Crippen LogP contribution is 2.41. The maximum atomic E-state index is 14.8. The van der Waals surface area contributed by atoms with E-state index in [2.05, 4.69) is 15.3 Å². The Kier molecular flexibility index (Phi) is 6.96. The summed E-state index contributed by atoms with van der Waals surface area (Å²) in [6.07, 6.45) is 3.02. The maximum absolute atomic E-state index is 14.8. The molecule has 2 N–H and O–H groups in total. The van der Waals surface area contributed by atoms with Gasteiger partial charge in [0.25, 0.3) is 5.92 Å². The molecule has 6 nitrogen and oxygen atoms in total. The SMILES string of the molecule is CC(C)(C)CC(F)(F)c1cccc(Oc2ccc(Nc3ncnc4ccn(CCO)c34)cc2Cl)c1. The third kappa shape index (κ3) is 5.89. The maximum Gasteiger partial charge on any atom is 0.273 e. The zero-order chi connectivity index (χ0) is 25.2. The molecule has 2 aromatic heterocycles. The third-order valence-electron chi connectivity index (χ3n) is 5.32. The van der Waals surface area contributed by atoms with Gasteiger partial charge in [0, 0.05) is 30.4 Å². The number of halogens is 3. The lowest BCUT2D eigenvalue weighted by Gasteiger charge is -2.26. The monoisotopic (exact) mass is 500 g/mol. The third-order valence-corrected chi connectivity index (χ3v) is 5.62. The van der Waals surface area contributed by atoms with Crippen molar-refractivity contribution < 1.29 is 18.6 Å². The molecule has 0 saturated carbocycles. The second-order valence-corrected chi connectivity index (χ2v) is 9.94. The molecule has 0 radical (unpaired) electrons. The average molecular weight is 501 g/mol. The molecule has 4 rings (SSSR count). The first-order valence-electron chi connectivity index (χ1n) is 11.2. The molecule has 2 heterocycles. The summed E-state index contributed by atoms with van der Waals surface area (Å²) in [5.74, 6) is -1.80. The summed E-state index contributed by atoms with van der Waals surface area (Å²) < 4.78 is 37.2. The molecule has 0 spiro atoms. The van der Waals surface area contributed by atoms with Gasteiger partial charge < -0.3 is 19.7 Å². The molecule has 4 aromatic rings. The van der Waals surface area contributed by atoms with Gasteiger partial charge in [-0.15, -0.1) is 0 Å². The van der Waals surface area contributed by atoms with Crippen molar-refractivity contribution in [3.63, 3.8) is 0 Å². The van der Waals surface area contributed by atoms with E-state index in [9.17, 15) is 13.9 Å². The molecule has 0 amide bonds. The number of hydrogen-bond acceptors (Lipinski definition) is 5. The van der Waals surface area contributed by atoms with Gasteiger partial charge in [-0.25, -0.2) is 18.7 Å². The van der Waals surface area contributed by atoms with Crippen molar-refractivity contribution in [1.29, 1.82) is 0 Å². The van der Waals surface area contributed by atoms with Gasteiger partial charge in [0.05, 0.1) is 17.1 Å². The van der Waals surface area contributed by atoms with E-state index in [0.717, 1.165) is 11.0 Å². The fourth-order valence-corrected chi connectivity index (χ4v) is 4.12. The number of fused-ring (bicyclic) bond motifs is 1. The highest BCUT2D eigenvalue weighted by atomic mass is 35.5. The Morgan fingerprint density at radius 1 is 1.09 bits per heavy atom. The number of ether oxygens (including phenoxy) is 1. The number of alkyl halides is 2. The molecular formula is C26H27ClF2N4O2. The molecule has 0 fully saturated rings. The predicted octanol–water partition coefficient (Wildman–Crippen LogP) is 7.14. The Bertz CT molecular complexity index is 1330. The smallest absolute Gasteiger partial charge is 0.273 e. The first-order valence-corrected chi connectivity index (χ1v) is 11.6. The summed E-state index contributed by atoms with van der Waals surface area (Å²) in [5, 5.41) is 12.8. The van der Waals surface area contributed by atoms with Gasteiger partial charge in [-0.1, -0.05) is 44.5 Å². The zero-order valence-electron chi connectivity index (χ0n) is 19.7. The lowest BCUT2D eigenvalue weighted by Crippen LogP contribution is -2.22. The lowest BCUT2D eigenvalue weighted by atomic mass is 9.86. The van der Waals surface area contributed by atoms with Crippen LogP contribution in [0.15, 0.2) is 61.1 Å². The van der Waals surface area contributed by atoms with Crippen molar-refractivity contribution in [2.24, 2.45) is 5.41 Å². The van der Waals surface area contributed by atoms with Crippen molar-refractivity contribution >= 4 is 34.1 Å². The van der Waals surface area contributed by atoms with Crippen LogP contribution >= 0.6 is 11.6 Å². The summed E-state index contributed by atoms with van der Waals surface area (Å²) in [6, 6.07) is 12.9. The minimum absolute atomic E-state index is 0.0146. The van der Waals surface area contributed by atoms with Crippen LogP contribution in [-0.4, -0.2) is 26.2 Å². The van der Waals surface area contributed by atoms with E-state index in [1.54, 1.807) is 51.1 Å². The van der Waals surface area contributed by atoms with E-state index in [-0.39, 0.29) is 24.3 Å². The first-order chi connectivity index (χ1) is 16.6. The van der Waals surface area contributed by atoms with E-state index < -0.39 is 11.3 Å². The minimum atomic E-state index is -2.98. The number of anilines is 2. The summed E-state index contributed by atoms with van der Waals surface area (Å²) in [5.41, 5.74) is 1.53. The number of aliphatic hydroxyl groups excluding tert-OH is 1. The molecule has 2 aromatic carbocycles. The van der Waals surface area contributed by atoms with Crippen LogP contribution in [0.3, 0.4) is 0 Å². The van der Waals surface area contributed by atoms with Crippen LogP contribution in [-0.2, 0) is 12.5 Å². The Morgan fingerprint density at radius 2 is 1.89 bits per heavy atom. The van der Waals surface area contributed by atoms with Crippen molar-refractivity contribution in [3.8, 4) is 11.5 Å². The largest absolute Gasteiger partial charge is 0.456 e. The number of aromatic nitrogens is 3. The van der Waals surface area contributed by atoms with Gasteiger partial charge in [0.1, 0.15) is 23.3 Å². The van der Waals surface area contributed by atoms with Crippen LogP contribution in [0.25, 0.3) is 11.0 Å². The molecular weight excluding hydrogens is 474 g/mol. The van der Waals surface area contributed by atoms with Gasteiger partial charge in [-0.3, -0.25) is 0 Å². The summed E-state index contributed by atoms with van der Waals surface area (Å²) in [7, 11) is 0. The van der Waals surface area contributed by atoms with Gasteiger partial charge >= 0.3 is 0 Å². The number of nitrogens with one attached hydrogen (secondary N) is 1. The summed E-state index contributed by atoms with van der Waals surface area (Å²) in [6.45, 7) is 5.75. The highest BCUT2D eigenvalue weighted by molar-refractivity contribution is 6.32. The number of hydrogen-bond donors (Lipinski definition) is 2. The predicted molar refractivity (Wildman–Crippen MR) is 134 cm³/mol. The number of rotatable bonds is 8. The standard InChI is InChI=1S/C26H27ClF2N4O2/c1-25(2,3)15-26(28,29)17-5-4-6-19(13-17)35-22-8-7-18(14-20(22)27)32-24-23-21(30-16-31-24)9-10-33(23)11-12-34/h4-10,13-14,16,34H,11-12,15H2,1-3H3,(H,30,31,32). The van der Waals surface area contributed by atoms with Gasteiger partial charge in [0.2, 0.25) is 0 Å². The quantitative estimate of drug-likeness (QED) is 0.269. The van der Waals surface area contributed by atoms with Crippen LogP contribution in [0.1, 0.15) is 32.8 Å². The molecule has 184 valence electrons. The molecule has 0 bridgehead atoms. The van der Waals surface area contributed by atoms with Crippen molar-refractivity contribution in [1.82, 2.24) is 14.5 Å². The number of benzene rings is 2. The van der Waals surface area contributed by atoms with E-state index in [1.807, 2.05) is 16.8 Å². The first kappa shape index (κ1) is 24.9. The zero-order valence-corrected chi connectivity index (χ0v) is 20.5. The fraction of sp³-hybridized carbons (Fsp3) is 0.308. The molecule has 0 aliphatic carbocycles. The molecule has 35 heavy (non-hydrogen) atoms. The molecule has 0 atom stereocenters. The lowest BCUT2D eigenvalue weighted by molar-refractivity contribution is -0.0418. The van der Waals surface area contributed by atoms with Gasteiger partial charge in [-0.05, 0) is 41.8 Å². The molecule has 9 heteroatoms. The van der Waals surface area contributed by atoms with Crippen LogP contribution in [0.5, 0.6) is 11.5 Å². The van der Waals surface area contributed by atoms with Crippen LogP contribution in [0, 0.1) is 5.41 Å². The number of aliphatic hydroxyl groups is 1.